The maximum Gasteiger partial charge on any atom is 0.166 e. The molecule has 5 rings (SSSR count). The highest BCUT2D eigenvalue weighted by Gasteiger charge is 2.49. The molecule has 0 aromatic carbocycles. The SMILES string of the molecule is Cc1nc(N)c(N)nc1C1C2CC3CC(C2)CC1C3. The van der Waals surface area contributed by atoms with Crippen LogP contribution in [-0.4, -0.2) is 9.97 Å². The zero-order chi connectivity index (χ0) is 13.1. The van der Waals surface area contributed by atoms with Crippen molar-refractivity contribution in [3.05, 3.63) is 11.4 Å². The third-order valence-corrected chi connectivity index (χ3v) is 5.70. The van der Waals surface area contributed by atoms with Gasteiger partial charge in [0.15, 0.2) is 11.6 Å². The van der Waals surface area contributed by atoms with Crippen LogP contribution in [0.2, 0.25) is 0 Å². The number of nitrogens with zero attached hydrogens (tertiary/aromatic N) is 2. The maximum absolute atomic E-state index is 5.88. The van der Waals surface area contributed by atoms with Crippen LogP contribution in [0.4, 0.5) is 11.6 Å². The first-order chi connectivity index (χ1) is 9.11. The Morgan fingerprint density at radius 1 is 0.842 bits per heavy atom. The third-order valence-electron chi connectivity index (χ3n) is 5.70. The van der Waals surface area contributed by atoms with Gasteiger partial charge in [0.1, 0.15) is 0 Å². The standard InChI is InChI=1S/C15H22N4/c1-7-13(19-15(17)14(16)18-7)12-10-3-8-2-9(5-10)6-11(12)4-8/h8-12H,2-6H2,1H3,(H2,16,18)(H2,17,19). The molecule has 4 aliphatic rings. The maximum atomic E-state index is 5.88. The Balaban J connectivity index is 1.75. The molecule has 4 aliphatic carbocycles. The highest BCUT2D eigenvalue weighted by atomic mass is 15.0. The van der Waals surface area contributed by atoms with E-state index in [0.717, 1.165) is 35.1 Å². The molecule has 0 radical (unpaired) electrons. The van der Waals surface area contributed by atoms with Gasteiger partial charge in [-0.15, -0.1) is 0 Å². The van der Waals surface area contributed by atoms with Crippen molar-refractivity contribution >= 4 is 11.6 Å². The van der Waals surface area contributed by atoms with Gasteiger partial charge in [-0.2, -0.15) is 0 Å². The fourth-order valence-electron chi connectivity index (χ4n) is 5.25. The predicted molar refractivity (Wildman–Crippen MR) is 75.4 cm³/mol. The average molecular weight is 258 g/mol. The third kappa shape index (κ3) is 1.65. The fraction of sp³-hybridized carbons (Fsp3) is 0.733. The Bertz CT molecular complexity index is 497. The number of aromatic nitrogens is 2. The minimum Gasteiger partial charge on any atom is -0.381 e. The second-order valence-electron chi connectivity index (χ2n) is 6.92. The van der Waals surface area contributed by atoms with Crippen LogP contribution in [-0.2, 0) is 0 Å². The second kappa shape index (κ2) is 3.84. The summed E-state index contributed by atoms with van der Waals surface area (Å²) in [6.07, 6.45) is 7.05. The molecule has 0 atom stereocenters. The highest BCUT2D eigenvalue weighted by molar-refractivity contribution is 5.53. The first-order valence-electron chi connectivity index (χ1n) is 7.51. The largest absolute Gasteiger partial charge is 0.381 e. The zero-order valence-electron chi connectivity index (χ0n) is 11.5. The Kier molecular flexibility index (Phi) is 2.32. The Morgan fingerprint density at radius 2 is 1.37 bits per heavy atom. The van der Waals surface area contributed by atoms with Crippen molar-refractivity contribution < 1.29 is 0 Å². The first kappa shape index (κ1) is 11.5. The van der Waals surface area contributed by atoms with E-state index in [1.165, 1.54) is 32.1 Å². The van der Waals surface area contributed by atoms with Crippen LogP contribution in [0.15, 0.2) is 0 Å². The van der Waals surface area contributed by atoms with Crippen molar-refractivity contribution in [2.24, 2.45) is 23.7 Å². The van der Waals surface area contributed by atoms with Gasteiger partial charge in [0.2, 0.25) is 0 Å². The topological polar surface area (TPSA) is 77.8 Å². The average Bonchev–Trinajstić information content (AvgIpc) is 2.34. The van der Waals surface area contributed by atoms with E-state index in [2.05, 4.69) is 9.97 Å². The van der Waals surface area contributed by atoms with E-state index in [9.17, 15) is 0 Å². The van der Waals surface area contributed by atoms with Gasteiger partial charge in [0, 0.05) is 5.92 Å². The van der Waals surface area contributed by atoms with Crippen LogP contribution in [0.5, 0.6) is 0 Å². The van der Waals surface area contributed by atoms with Crippen LogP contribution < -0.4 is 11.5 Å². The van der Waals surface area contributed by atoms with Gasteiger partial charge in [-0.1, -0.05) is 0 Å². The van der Waals surface area contributed by atoms with Crippen molar-refractivity contribution in [3.63, 3.8) is 0 Å². The van der Waals surface area contributed by atoms with E-state index in [0.29, 0.717) is 17.6 Å². The lowest BCUT2D eigenvalue weighted by molar-refractivity contribution is -0.00445. The van der Waals surface area contributed by atoms with Crippen LogP contribution in [0.3, 0.4) is 0 Å². The van der Waals surface area contributed by atoms with Crippen molar-refractivity contribution in [1.29, 1.82) is 0 Å². The van der Waals surface area contributed by atoms with E-state index < -0.39 is 0 Å². The molecule has 19 heavy (non-hydrogen) atoms. The van der Waals surface area contributed by atoms with Crippen molar-refractivity contribution in [2.75, 3.05) is 11.5 Å². The number of hydrogen-bond donors (Lipinski definition) is 2. The molecule has 4 nitrogen and oxygen atoms in total. The molecule has 1 heterocycles. The molecule has 1 aromatic rings. The molecular formula is C15H22N4. The lowest BCUT2D eigenvalue weighted by atomic mass is 9.51. The van der Waals surface area contributed by atoms with Crippen molar-refractivity contribution in [3.8, 4) is 0 Å². The molecular weight excluding hydrogens is 236 g/mol. The Labute approximate surface area is 114 Å². The van der Waals surface area contributed by atoms with E-state index in [1.54, 1.807) is 0 Å². The summed E-state index contributed by atoms with van der Waals surface area (Å²) in [6, 6.07) is 0. The summed E-state index contributed by atoms with van der Waals surface area (Å²) in [4.78, 5) is 9.00. The number of aryl methyl sites for hydroxylation is 1. The van der Waals surface area contributed by atoms with Crippen LogP contribution >= 0.6 is 0 Å². The Hall–Kier alpha value is -1.32. The van der Waals surface area contributed by atoms with Crippen molar-refractivity contribution in [2.45, 2.75) is 44.9 Å². The van der Waals surface area contributed by atoms with Gasteiger partial charge in [0.25, 0.3) is 0 Å². The summed E-state index contributed by atoms with van der Waals surface area (Å²) < 4.78 is 0. The lowest BCUT2D eigenvalue weighted by Crippen LogP contribution is -2.44. The molecule has 4 bridgehead atoms. The zero-order valence-corrected chi connectivity index (χ0v) is 11.5. The Morgan fingerprint density at radius 3 is 1.95 bits per heavy atom. The first-order valence-corrected chi connectivity index (χ1v) is 7.51. The van der Waals surface area contributed by atoms with Gasteiger partial charge in [0.05, 0.1) is 11.4 Å². The molecule has 0 aliphatic heterocycles. The van der Waals surface area contributed by atoms with Crippen LogP contribution in [0.1, 0.15) is 49.4 Å². The summed E-state index contributed by atoms with van der Waals surface area (Å²) in [5, 5.41) is 0. The van der Waals surface area contributed by atoms with E-state index >= 15 is 0 Å². The van der Waals surface area contributed by atoms with Crippen LogP contribution in [0, 0.1) is 30.6 Å². The molecule has 0 saturated heterocycles. The van der Waals surface area contributed by atoms with Gasteiger partial charge in [-0.05, 0) is 62.7 Å². The van der Waals surface area contributed by atoms with Gasteiger partial charge in [-0.3, -0.25) is 0 Å². The summed E-state index contributed by atoms with van der Waals surface area (Å²) >= 11 is 0. The molecule has 0 amide bonds. The lowest BCUT2D eigenvalue weighted by Gasteiger charge is -2.54. The van der Waals surface area contributed by atoms with Gasteiger partial charge >= 0.3 is 0 Å². The fourth-order valence-corrected chi connectivity index (χ4v) is 5.25. The van der Waals surface area contributed by atoms with Crippen molar-refractivity contribution in [1.82, 2.24) is 9.97 Å². The molecule has 4 heteroatoms. The van der Waals surface area contributed by atoms with Gasteiger partial charge < -0.3 is 11.5 Å². The number of nitrogens with two attached hydrogens (primary N) is 2. The normalized spacial score (nSPS) is 39.7. The molecule has 4 N–H and O–H groups in total. The van der Waals surface area contributed by atoms with E-state index in [1.807, 2.05) is 6.92 Å². The molecule has 0 unspecified atom stereocenters. The van der Waals surface area contributed by atoms with Crippen LogP contribution in [0.25, 0.3) is 0 Å². The van der Waals surface area contributed by atoms with Gasteiger partial charge in [-0.25, -0.2) is 9.97 Å². The quantitative estimate of drug-likeness (QED) is 0.811. The number of nitrogen functional groups attached to an aromatic ring is 2. The predicted octanol–water partition coefficient (Wildman–Crippen LogP) is 2.49. The van der Waals surface area contributed by atoms with E-state index in [-0.39, 0.29) is 0 Å². The number of anilines is 2. The number of hydrogen-bond acceptors (Lipinski definition) is 4. The summed E-state index contributed by atoms with van der Waals surface area (Å²) in [5.74, 6) is 4.97. The summed E-state index contributed by atoms with van der Waals surface area (Å²) in [6.45, 7) is 2.03. The minimum absolute atomic E-state index is 0.380. The molecule has 1 aromatic heterocycles. The monoisotopic (exact) mass is 258 g/mol. The highest BCUT2D eigenvalue weighted by Crippen LogP contribution is 2.59. The smallest absolute Gasteiger partial charge is 0.166 e. The molecule has 0 spiro atoms. The summed E-state index contributed by atoms with van der Waals surface area (Å²) in [5.41, 5.74) is 13.8. The van der Waals surface area contributed by atoms with E-state index in [4.69, 9.17) is 11.5 Å². The molecule has 4 saturated carbocycles. The summed E-state index contributed by atoms with van der Waals surface area (Å²) in [7, 11) is 0. The second-order valence-corrected chi connectivity index (χ2v) is 6.92. The minimum atomic E-state index is 0.380. The number of rotatable bonds is 1. The molecule has 4 fully saturated rings. The molecule has 102 valence electrons.